The molecule has 11 heteroatoms. The Morgan fingerprint density at radius 1 is 1.17 bits per heavy atom. The van der Waals surface area contributed by atoms with E-state index >= 15 is 0 Å². The molecule has 0 bridgehead atoms. The Bertz CT molecular complexity index is 885. The largest absolute Gasteiger partial charge is 0.493 e. The van der Waals surface area contributed by atoms with E-state index in [4.69, 9.17) is 14.2 Å². The summed E-state index contributed by atoms with van der Waals surface area (Å²) in [4.78, 5) is 34.4. The molecule has 0 N–H and O–H groups in total. The monoisotopic (exact) mass is 403 g/mol. The second-order valence-electron chi connectivity index (χ2n) is 6.03. The first kappa shape index (κ1) is 20.1. The van der Waals surface area contributed by atoms with Gasteiger partial charge in [0.25, 0.3) is 0 Å². The minimum atomic E-state index is -0.572. The summed E-state index contributed by atoms with van der Waals surface area (Å²) in [5.74, 6) is 0.677. The zero-order chi connectivity index (χ0) is 20.8. The van der Waals surface area contributed by atoms with Crippen LogP contribution in [0.2, 0.25) is 0 Å². The van der Waals surface area contributed by atoms with Gasteiger partial charge in [0, 0.05) is 26.2 Å². The number of nitro groups is 1. The molecule has 0 unspecified atom stereocenters. The zero-order valence-electron chi connectivity index (χ0n) is 16.1. The average Bonchev–Trinajstić information content (AvgIpc) is 2.74. The Labute approximate surface area is 167 Å². The lowest BCUT2D eigenvalue weighted by molar-refractivity contribution is -0.385. The fourth-order valence-electron chi connectivity index (χ4n) is 2.94. The van der Waals surface area contributed by atoms with Crippen LogP contribution in [0.4, 0.5) is 16.3 Å². The van der Waals surface area contributed by atoms with Crippen LogP contribution < -0.4 is 14.4 Å². The second-order valence-corrected chi connectivity index (χ2v) is 6.03. The summed E-state index contributed by atoms with van der Waals surface area (Å²) in [5.41, 5.74) is -0.344. The highest BCUT2D eigenvalue weighted by molar-refractivity contribution is 5.69. The van der Waals surface area contributed by atoms with Gasteiger partial charge in [0.1, 0.15) is 6.33 Å². The van der Waals surface area contributed by atoms with Crippen molar-refractivity contribution in [1.82, 2.24) is 14.9 Å². The SMILES string of the molecule is CCOC(=O)N1CCN(c2ncnc(Oc3ccccc3OC)c2[N+](=O)[O-])CC1. The molecular weight excluding hydrogens is 382 g/mol. The average molecular weight is 403 g/mol. The molecule has 0 spiro atoms. The van der Waals surface area contributed by atoms with Gasteiger partial charge in [-0.1, -0.05) is 12.1 Å². The number of carbonyl (C=O) groups is 1. The van der Waals surface area contributed by atoms with Gasteiger partial charge in [0.05, 0.1) is 18.6 Å². The van der Waals surface area contributed by atoms with Gasteiger partial charge >= 0.3 is 17.7 Å². The highest BCUT2D eigenvalue weighted by atomic mass is 16.6. The summed E-state index contributed by atoms with van der Waals surface area (Å²) < 4.78 is 15.9. The minimum absolute atomic E-state index is 0.137. The third kappa shape index (κ3) is 4.45. The summed E-state index contributed by atoms with van der Waals surface area (Å²) in [6, 6.07) is 6.79. The number of rotatable bonds is 6. The quantitative estimate of drug-likeness (QED) is 0.529. The van der Waals surface area contributed by atoms with Crippen LogP contribution >= 0.6 is 0 Å². The molecule has 0 atom stereocenters. The topological polar surface area (TPSA) is 120 Å². The molecule has 11 nitrogen and oxygen atoms in total. The number of methoxy groups -OCH3 is 1. The van der Waals surface area contributed by atoms with Gasteiger partial charge in [0.15, 0.2) is 11.5 Å². The predicted octanol–water partition coefficient (Wildman–Crippen LogP) is 2.46. The van der Waals surface area contributed by atoms with Crippen molar-refractivity contribution in [2.24, 2.45) is 0 Å². The van der Waals surface area contributed by atoms with Crippen LogP contribution in [0.1, 0.15) is 6.92 Å². The molecule has 1 amide bonds. The van der Waals surface area contributed by atoms with E-state index in [0.29, 0.717) is 44.3 Å². The van der Waals surface area contributed by atoms with E-state index in [1.807, 2.05) is 0 Å². The predicted molar refractivity (Wildman–Crippen MR) is 103 cm³/mol. The molecule has 0 saturated carbocycles. The summed E-state index contributed by atoms with van der Waals surface area (Å²) in [6.45, 7) is 3.49. The number of para-hydroxylation sites is 2. The number of piperazine rings is 1. The number of aromatic nitrogens is 2. The molecule has 29 heavy (non-hydrogen) atoms. The molecule has 1 aromatic carbocycles. The fourth-order valence-corrected chi connectivity index (χ4v) is 2.94. The van der Waals surface area contributed by atoms with Crippen LogP contribution in [0.15, 0.2) is 30.6 Å². The van der Waals surface area contributed by atoms with Crippen LogP contribution in [-0.4, -0.2) is 65.8 Å². The molecule has 0 radical (unpaired) electrons. The lowest BCUT2D eigenvalue weighted by Crippen LogP contribution is -2.49. The number of nitrogens with zero attached hydrogens (tertiary/aromatic N) is 5. The third-order valence-electron chi connectivity index (χ3n) is 4.33. The molecule has 154 valence electrons. The van der Waals surface area contributed by atoms with E-state index < -0.39 is 11.0 Å². The van der Waals surface area contributed by atoms with Crippen molar-refractivity contribution in [2.75, 3.05) is 44.8 Å². The van der Waals surface area contributed by atoms with Gasteiger partial charge in [0.2, 0.25) is 5.82 Å². The number of carbonyl (C=O) groups excluding carboxylic acids is 1. The number of anilines is 1. The maximum atomic E-state index is 11.9. The first-order valence-corrected chi connectivity index (χ1v) is 9.02. The molecule has 0 aliphatic carbocycles. The first-order valence-electron chi connectivity index (χ1n) is 9.02. The normalized spacial score (nSPS) is 13.7. The Morgan fingerprint density at radius 2 is 1.86 bits per heavy atom. The van der Waals surface area contributed by atoms with Crippen LogP contribution in [0, 0.1) is 10.1 Å². The van der Waals surface area contributed by atoms with E-state index in [0.717, 1.165) is 0 Å². The third-order valence-corrected chi connectivity index (χ3v) is 4.33. The zero-order valence-corrected chi connectivity index (χ0v) is 16.1. The first-order chi connectivity index (χ1) is 14.0. The Morgan fingerprint density at radius 3 is 2.48 bits per heavy atom. The number of hydrogen-bond acceptors (Lipinski definition) is 9. The smallest absolute Gasteiger partial charge is 0.409 e. The summed E-state index contributed by atoms with van der Waals surface area (Å²) in [7, 11) is 1.48. The molecule has 1 aromatic heterocycles. The molecule has 1 saturated heterocycles. The maximum absolute atomic E-state index is 11.9. The summed E-state index contributed by atoms with van der Waals surface area (Å²) >= 11 is 0. The van der Waals surface area contributed by atoms with Crippen LogP contribution in [0.25, 0.3) is 0 Å². The Kier molecular flexibility index (Phi) is 6.27. The fraction of sp³-hybridized carbons (Fsp3) is 0.389. The molecule has 2 heterocycles. The van der Waals surface area contributed by atoms with Crippen molar-refractivity contribution in [1.29, 1.82) is 0 Å². The standard InChI is InChI=1S/C18H21N5O6/c1-3-28-18(24)22-10-8-21(9-11-22)16-15(23(25)26)17(20-12-19-16)29-14-7-5-4-6-13(14)27-2/h4-7,12H,3,8-11H2,1-2H3. The van der Waals surface area contributed by atoms with Gasteiger partial charge < -0.3 is 24.0 Å². The molecule has 1 aliphatic heterocycles. The highest BCUT2D eigenvalue weighted by Crippen LogP contribution is 2.38. The Hall–Kier alpha value is -3.63. The maximum Gasteiger partial charge on any atom is 0.409 e. The van der Waals surface area contributed by atoms with E-state index in [2.05, 4.69) is 9.97 Å². The van der Waals surface area contributed by atoms with Crippen molar-refractivity contribution in [2.45, 2.75) is 6.92 Å². The van der Waals surface area contributed by atoms with Gasteiger partial charge in [-0.25, -0.2) is 9.78 Å². The van der Waals surface area contributed by atoms with E-state index in [1.54, 1.807) is 41.0 Å². The van der Waals surface area contributed by atoms with Crippen molar-refractivity contribution < 1.29 is 23.9 Å². The lowest BCUT2D eigenvalue weighted by Gasteiger charge is -2.34. The number of amides is 1. The molecular formula is C18H21N5O6. The van der Waals surface area contributed by atoms with Crippen LogP contribution in [0.5, 0.6) is 17.4 Å². The van der Waals surface area contributed by atoms with Crippen molar-refractivity contribution >= 4 is 17.6 Å². The van der Waals surface area contributed by atoms with E-state index in [1.165, 1.54) is 13.4 Å². The van der Waals surface area contributed by atoms with Crippen molar-refractivity contribution in [3.8, 4) is 17.4 Å². The van der Waals surface area contributed by atoms with Gasteiger partial charge in [-0.3, -0.25) is 10.1 Å². The second kappa shape index (κ2) is 9.04. The minimum Gasteiger partial charge on any atom is -0.493 e. The summed E-state index contributed by atoms with van der Waals surface area (Å²) in [6.07, 6.45) is 0.815. The molecule has 2 aromatic rings. The molecule has 3 rings (SSSR count). The van der Waals surface area contributed by atoms with Gasteiger partial charge in [-0.15, -0.1) is 0 Å². The van der Waals surface area contributed by atoms with Crippen LogP contribution in [0.3, 0.4) is 0 Å². The van der Waals surface area contributed by atoms with Crippen LogP contribution in [-0.2, 0) is 4.74 Å². The van der Waals surface area contributed by atoms with E-state index in [-0.39, 0.29) is 17.4 Å². The number of ether oxygens (including phenoxy) is 3. The lowest BCUT2D eigenvalue weighted by atomic mass is 10.3. The number of benzene rings is 1. The molecule has 1 aliphatic rings. The molecule has 1 fully saturated rings. The number of hydrogen-bond donors (Lipinski definition) is 0. The Balaban J connectivity index is 1.85. The van der Waals surface area contributed by atoms with Crippen molar-refractivity contribution in [3.05, 3.63) is 40.7 Å². The van der Waals surface area contributed by atoms with Crippen molar-refractivity contribution in [3.63, 3.8) is 0 Å². The van der Waals surface area contributed by atoms with Gasteiger partial charge in [-0.05, 0) is 19.1 Å². The van der Waals surface area contributed by atoms with E-state index in [9.17, 15) is 14.9 Å². The highest BCUT2D eigenvalue weighted by Gasteiger charge is 2.32. The summed E-state index contributed by atoms with van der Waals surface area (Å²) in [5, 5.41) is 11.8. The van der Waals surface area contributed by atoms with Gasteiger partial charge in [-0.2, -0.15) is 4.98 Å².